The molecule has 2 aliphatic rings. The Morgan fingerprint density at radius 1 is 1.37 bits per heavy atom. The maximum Gasteiger partial charge on any atom is 0.160 e. The van der Waals surface area contributed by atoms with E-state index in [4.69, 9.17) is 9.47 Å². The van der Waals surface area contributed by atoms with Crippen LogP contribution < -0.4 is 14.8 Å². The second-order valence-corrected chi connectivity index (χ2v) is 4.73. The lowest BCUT2D eigenvalue weighted by Crippen LogP contribution is -2.19. The smallest absolute Gasteiger partial charge is 0.160 e. The van der Waals surface area contributed by atoms with Gasteiger partial charge in [-0.15, -0.1) is 0 Å². The number of fused-ring (bicyclic) bond motifs is 2. The van der Waals surface area contributed by atoms with Crippen molar-refractivity contribution in [3.8, 4) is 11.5 Å². The Balaban J connectivity index is 1.64. The molecule has 2 aliphatic heterocycles. The SMILES string of the molecule is [c]1ccc2c(c1)CC(c1cc3c(cn1)OCCN3)O2. The molecule has 0 saturated heterocycles. The monoisotopic (exact) mass is 253 g/mol. The van der Waals surface area contributed by atoms with Gasteiger partial charge in [0.2, 0.25) is 0 Å². The molecule has 95 valence electrons. The van der Waals surface area contributed by atoms with E-state index in [2.05, 4.69) is 16.4 Å². The van der Waals surface area contributed by atoms with Crippen molar-refractivity contribution >= 4 is 5.69 Å². The largest absolute Gasteiger partial charge is 0.488 e. The molecule has 1 atom stereocenters. The molecule has 4 nitrogen and oxygen atoms in total. The third-order valence-electron chi connectivity index (χ3n) is 3.47. The van der Waals surface area contributed by atoms with E-state index in [-0.39, 0.29) is 6.10 Å². The van der Waals surface area contributed by atoms with Crippen molar-refractivity contribution in [2.75, 3.05) is 18.5 Å². The molecule has 4 rings (SSSR count). The molecular formula is C15H13N2O2. The summed E-state index contributed by atoms with van der Waals surface area (Å²) in [6.45, 7) is 1.52. The average molecular weight is 253 g/mol. The van der Waals surface area contributed by atoms with Gasteiger partial charge >= 0.3 is 0 Å². The predicted octanol–water partition coefficient (Wildman–Crippen LogP) is 2.36. The zero-order valence-electron chi connectivity index (χ0n) is 10.3. The van der Waals surface area contributed by atoms with Crippen LogP contribution in [0.2, 0.25) is 0 Å². The molecule has 0 fully saturated rings. The number of ether oxygens (including phenoxy) is 2. The fraction of sp³-hybridized carbons (Fsp3) is 0.267. The maximum atomic E-state index is 5.93. The molecule has 1 aromatic heterocycles. The summed E-state index contributed by atoms with van der Waals surface area (Å²) in [6.07, 6.45) is 2.61. The number of aromatic nitrogens is 1. The minimum atomic E-state index is -0.0140. The van der Waals surface area contributed by atoms with Crippen LogP contribution in [0, 0.1) is 6.07 Å². The molecule has 0 bridgehead atoms. The lowest BCUT2D eigenvalue weighted by molar-refractivity contribution is 0.233. The molecule has 1 aromatic carbocycles. The van der Waals surface area contributed by atoms with Crippen LogP contribution in [0.4, 0.5) is 5.69 Å². The summed E-state index contributed by atoms with van der Waals surface area (Å²) in [4.78, 5) is 4.46. The van der Waals surface area contributed by atoms with Crippen molar-refractivity contribution in [3.63, 3.8) is 0 Å². The Morgan fingerprint density at radius 3 is 3.32 bits per heavy atom. The van der Waals surface area contributed by atoms with Gasteiger partial charge in [-0.3, -0.25) is 4.98 Å². The first-order valence-electron chi connectivity index (χ1n) is 6.42. The van der Waals surface area contributed by atoms with Crippen molar-refractivity contribution in [2.45, 2.75) is 12.5 Å². The van der Waals surface area contributed by atoms with Crippen LogP contribution in [-0.4, -0.2) is 18.1 Å². The van der Waals surface area contributed by atoms with E-state index in [9.17, 15) is 0 Å². The lowest BCUT2D eigenvalue weighted by atomic mass is 10.1. The summed E-state index contributed by atoms with van der Waals surface area (Å²) >= 11 is 0. The summed E-state index contributed by atoms with van der Waals surface area (Å²) in [5.41, 5.74) is 3.13. The first-order valence-corrected chi connectivity index (χ1v) is 6.42. The first kappa shape index (κ1) is 10.7. The van der Waals surface area contributed by atoms with Gasteiger partial charge < -0.3 is 14.8 Å². The summed E-state index contributed by atoms with van der Waals surface area (Å²) in [6, 6.07) is 10.9. The Morgan fingerprint density at radius 2 is 2.37 bits per heavy atom. The number of pyridine rings is 1. The van der Waals surface area contributed by atoms with Crippen LogP contribution in [0.5, 0.6) is 11.5 Å². The standard InChI is InChI=1S/C15H13N2O2/c1-2-4-13-10(3-1)7-14(19-13)11-8-12-15(9-17-11)18-6-5-16-12/h2-4,8-9,14,16H,5-7H2. The Kier molecular flexibility index (Phi) is 2.33. The highest BCUT2D eigenvalue weighted by molar-refractivity contribution is 5.57. The molecule has 2 aromatic rings. The van der Waals surface area contributed by atoms with E-state index in [1.54, 1.807) is 6.20 Å². The van der Waals surface area contributed by atoms with E-state index >= 15 is 0 Å². The zero-order chi connectivity index (χ0) is 12.7. The molecule has 3 heterocycles. The Hall–Kier alpha value is -2.23. The Bertz CT molecular complexity index is 602. The number of nitrogens with one attached hydrogen (secondary N) is 1. The highest BCUT2D eigenvalue weighted by Crippen LogP contribution is 2.37. The number of hydrogen-bond acceptors (Lipinski definition) is 4. The highest BCUT2D eigenvalue weighted by Gasteiger charge is 2.26. The minimum Gasteiger partial charge on any atom is -0.488 e. The van der Waals surface area contributed by atoms with Gasteiger partial charge in [0, 0.05) is 13.0 Å². The summed E-state index contributed by atoms with van der Waals surface area (Å²) < 4.78 is 11.5. The minimum absolute atomic E-state index is 0.0140. The summed E-state index contributed by atoms with van der Waals surface area (Å²) in [5.74, 6) is 1.76. The zero-order valence-corrected chi connectivity index (χ0v) is 10.3. The Labute approximate surface area is 111 Å². The number of anilines is 1. The van der Waals surface area contributed by atoms with Gasteiger partial charge in [-0.05, 0) is 29.8 Å². The molecule has 1 N–H and O–H groups in total. The van der Waals surface area contributed by atoms with Gasteiger partial charge in [0.15, 0.2) is 5.75 Å². The normalized spacial score (nSPS) is 19.7. The molecule has 0 saturated carbocycles. The van der Waals surface area contributed by atoms with Crippen molar-refractivity contribution < 1.29 is 9.47 Å². The number of rotatable bonds is 1. The molecule has 0 spiro atoms. The number of nitrogens with zero attached hydrogens (tertiary/aromatic N) is 1. The molecule has 19 heavy (non-hydrogen) atoms. The second-order valence-electron chi connectivity index (χ2n) is 4.73. The van der Waals surface area contributed by atoms with Gasteiger partial charge in [0.25, 0.3) is 0 Å². The predicted molar refractivity (Wildman–Crippen MR) is 70.6 cm³/mol. The molecule has 1 unspecified atom stereocenters. The highest BCUT2D eigenvalue weighted by atomic mass is 16.5. The van der Waals surface area contributed by atoms with Crippen LogP contribution in [0.3, 0.4) is 0 Å². The van der Waals surface area contributed by atoms with Gasteiger partial charge in [-0.25, -0.2) is 0 Å². The fourth-order valence-electron chi connectivity index (χ4n) is 2.52. The number of hydrogen-bond donors (Lipinski definition) is 1. The third-order valence-corrected chi connectivity index (χ3v) is 3.47. The number of benzene rings is 1. The van der Waals surface area contributed by atoms with Crippen molar-refractivity contribution in [3.05, 3.63) is 47.8 Å². The van der Waals surface area contributed by atoms with Gasteiger partial charge in [-0.2, -0.15) is 0 Å². The van der Waals surface area contributed by atoms with Crippen molar-refractivity contribution in [2.24, 2.45) is 0 Å². The summed E-state index contributed by atoms with van der Waals surface area (Å²) in [7, 11) is 0. The first-order chi connectivity index (χ1) is 9.40. The van der Waals surface area contributed by atoms with Crippen LogP contribution in [0.1, 0.15) is 17.4 Å². The van der Waals surface area contributed by atoms with E-state index in [0.717, 1.165) is 35.8 Å². The van der Waals surface area contributed by atoms with E-state index in [1.807, 2.05) is 24.3 Å². The van der Waals surface area contributed by atoms with Crippen LogP contribution >= 0.6 is 0 Å². The van der Waals surface area contributed by atoms with E-state index in [1.165, 1.54) is 5.56 Å². The fourth-order valence-corrected chi connectivity index (χ4v) is 2.52. The quantitative estimate of drug-likeness (QED) is 0.847. The van der Waals surface area contributed by atoms with Gasteiger partial charge in [-0.1, -0.05) is 6.07 Å². The second kappa shape index (κ2) is 4.16. The van der Waals surface area contributed by atoms with Gasteiger partial charge in [0.05, 0.1) is 17.6 Å². The van der Waals surface area contributed by atoms with Crippen LogP contribution in [0.25, 0.3) is 0 Å². The van der Waals surface area contributed by atoms with Crippen LogP contribution in [-0.2, 0) is 6.42 Å². The molecule has 1 radical (unpaired) electrons. The maximum absolute atomic E-state index is 5.93. The summed E-state index contributed by atoms with van der Waals surface area (Å²) in [5, 5.41) is 3.32. The topological polar surface area (TPSA) is 43.4 Å². The van der Waals surface area contributed by atoms with E-state index < -0.39 is 0 Å². The third kappa shape index (κ3) is 1.80. The molecule has 0 amide bonds. The molecular weight excluding hydrogens is 240 g/mol. The van der Waals surface area contributed by atoms with Crippen LogP contribution in [0.15, 0.2) is 30.5 Å². The van der Waals surface area contributed by atoms with Gasteiger partial charge in [0.1, 0.15) is 18.5 Å². The molecule has 4 heteroatoms. The van der Waals surface area contributed by atoms with E-state index in [0.29, 0.717) is 6.61 Å². The molecule has 0 aliphatic carbocycles. The lowest BCUT2D eigenvalue weighted by Gasteiger charge is -2.20. The van der Waals surface area contributed by atoms with Crippen molar-refractivity contribution in [1.29, 1.82) is 0 Å². The van der Waals surface area contributed by atoms with Crippen molar-refractivity contribution in [1.82, 2.24) is 4.98 Å². The average Bonchev–Trinajstić information content (AvgIpc) is 2.90.